The number of anilines is 1. The van der Waals surface area contributed by atoms with Gasteiger partial charge >= 0.3 is 6.03 Å². The number of primary sulfonamides is 1. The normalized spacial score (nSPS) is 26.3. The summed E-state index contributed by atoms with van der Waals surface area (Å²) in [6.07, 6.45) is 4.48. The van der Waals surface area contributed by atoms with Crippen LogP contribution in [0, 0.1) is 0 Å². The van der Waals surface area contributed by atoms with E-state index in [9.17, 15) is 13.2 Å². The third kappa shape index (κ3) is 4.60. The quantitative estimate of drug-likeness (QED) is 0.784. The van der Waals surface area contributed by atoms with E-state index in [1.165, 1.54) is 12.1 Å². The molecule has 3 N–H and O–H groups in total. The van der Waals surface area contributed by atoms with Gasteiger partial charge in [-0.3, -0.25) is 4.90 Å². The summed E-state index contributed by atoms with van der Waals surface area (Å²) >= 11 is 0. The average molecular weight is 397 g/mol. The first kappa shape index (κ1) is 20.1. The lowest BCUT2D eigenvalue weighted by Gasteiger charge is -2.35. The lowest BCUT2D eigenvalue weighted by atomic mass is 10.1. The first-order valence-electron chi connectivity index (χ1n) is 9.23. The van der Waals surface area contributed by atoms with Gasteiger partial charge in [0.05, 0.1) is 11.0 Å². The Hall–Kier alpha value is -1.68. The largest absolute Gasteiger partial charge is 0.380 e. The number of ether oxygens (including phenoxy) is 1. The minimum Gasteiger partial charge on any atom is -0.380 e. The number of benzene rings is 1. The standard InChI is InChI=1S/C18H28N4O4S/c1-21(16-4-3-5-17(16)22-11-10-14(12-22)26-2)18(23)20-13-6-8-15(9-7-13)27(19,24)25/h6-9,14,16-17H,3-5,10-12H2,1-2H3,(H,20,23)(H2,19,24,25)/t14?,16-,17+/m0/s1. The van der Waals surface area contributed by atoms with E-state index in [1.807, 2.05) is 7.05 Å². The summed E-state index contributed by atoms with van der Waals surface area (Å²) in [4.78, 5) is 16.9. The molecular formula is C18H28N4O4S. The van der Waals surface area contributed by atoms with E-state index in [1.54, 1.807) is 24.1 Å². The molecule has 2 aliphatic rings. The Morgan fingerprint density at radius 1 is 1.26 bits per heavy atom. The number of hydrogen-bond acceptors (Lipinski definition) is 5. The molecule has 150 valence electrons. The molecule has 2 amide bonds. The molecule has 1 saturated heterocycles. The predicted octanol–water partition coefficient (Wildman–Crippen LogP) is 1.44. The van der Waals surface area contributed by atoms with E-state index < -0.39 is 10.0 Å². The second-order valence-electron chi connectivity index (χ2n) is 7.32. The van der Waals surface area contributed by atoms with Gasteiger partial charge in [0.2, 0.25) is 10.0 Å². The Balaban J connectivity index is 1.62. The maximum absolute atomic E-state index is 12.7. The number of methoxy groups -OCH3 is 1. The van der Waals surface area contributed by atoms with E-state index in [-0.39, 0.29) is 23.1 Å². The molecule has 1 heterocycles. The van der Waals surface area contributed by atoms with Gasteiger partial charge in [0, 0.05) is 45.0 Å². The van der Waals surface area contributed by atoms with Crippen molar-refractivity contribution in [3.63, 3.8) is 0 Å². The van der Waals surface area contributed by atoms with Crippen molar-refractivity contribution < 1.29 is 17.9 Å². The van der Waals surface area contributed by atoms with Crippen LogP contribution in [-0.2, 0) is 14.8 Å². The molecule has 3 atom stereocenters. The predicted molar refractivity (Wildman–Crippen MR) is 103 cm³/mol. The van der Waals surface area contributed by atoms with Crippen LogP contribution in [-0.4, -0.2) is 69.7 Å². The summed E-state index contributed by atoms with van der Waals surface area (Å²) in [5.74, 6) is 0. The zero-order valence-electron chi connectivity index (χ0n) is 15.8. The first-order valence-corrected chi connectivity index (χ1v) is 10.8. The van der Waals surface area contributed by atoms with Gasteiger partial charge in [0.25, 0.3) is 0 Å². The van der Waals surface area contributed by atoms with Crippen LogP contribution in [0.3, 0.4) is 0 Å². The van der Waals surface area contributed by atoms with Gasteiger partial charge in [-0.15, -0.1) is 0 Å². The highest BCUT2D eigenvalue weighted by Crippen LogP contribution is 2.31. The Morgan fingerprint density at radius 2 is 1.96 bits per heavy atom. The maximum atomic E-state index is 12.7. The average Bonchev–Trinajstić information content (AvgIpc) is 3.29. The molecule has 1 saturated carbocycles. The van der Waals surface area contributed by atoms with Gasteiger partial charge in [-0.1, -0.05) is 0 Å². The summed E-state index contributed by atoms with van der Waals surface area (Å²) < 4.78 is 28.1. The highest BCUT2D eigenvalue weighted by Gasteiger charge is 2.39. The van der Waals surface area contributed by atoms with Crippen LogP contribution >= 0.6 is 0 Å². The number of sulfonamides is 1. The molecule has 27 heavy (non-hydrogen) atoms. The van der Waals surface area contributed by atoms with E-state index in [0.717, 1.165) is 38.8 Å². The monoisotopic (exact) mass is 396 g/mol. The smallest absolute Gasteiger partial charge is 0.321 e. The Morgan fingerprint density at radius 3 is 2.56 bits per heavy atom. The van der Waals surface area contributed by atoms with E-state index in [2.05, 4.69) is 10.2 Å². The van der Waals surface area contributed by atoms with Crippen molar-refractivity contribution in [3.8, 4) is 0 Å². The van der Waals surface area contributed by atoms with Crippen LogP contribution in [0.25, 0.3) is 0 Å². The number of rotatable bonds is 5. The number of urea groups is 1. The minimum atomic E-state index is -3.74. The molecule has 1 aliphatic carbocycles. The zero-order chi connectivity index (χ0) is 19.6. The van der Waals surface area contributed by atoms with Crippen molar-refractivity contribution in [2.75, 3.05) is 32.6 Å². The van der Waals surface area contributed by atoms with E-state index in [4.69, 9.17) is 9.88 Å². The fourth-order valence-corrected chi connectivity index (χ4v) is 4.65. The highest BCUT2D eigenvalue weighted by atomic mass is 32.2. The number of amides is 2. The summed E-state index contributed by atoms with van der Waals surface area (Å²) in [6, 6.07) is 6.17. The van der Waals surface area contributed by atoms with Gasteiger partial charge in [-0.05, 0) is 49.9 Å². The fourth-order valence-electron chi connectivity index (χ4n) is 4.14. The Bertz CT molecular complexity index is 768. The van der Waals surface area contributed by atoms with Crippen LogP contribution in [0.2, 0.25) is 0 Å². The number of carbonyl (C=O) groups is 1. The number of carbonyl (C=O) groups excluding carboxylic acids is 1. The number of likely N-dealkylation sites (N-methyl/N-ethyl adjacent to an activating group) is 1. The molecule has 0 bridgehead atoms. The molecule has 1 unspecified atom stereocenters. The zero-order valence-corrected chi connectivity index (χ0v) is 16.6. The molecule has 8 nitrogen and oxygen atoms in total. The number of nitrogens with zero attached hydrogens (tertiary/aromatic N) is 2. The molecule has 9 heteroatoms. The van der Waals surface area contributed by atoms with Crippen LogP contribution in [0.1, 0.15) is 25.7 Å². The second-order valence-corrected chi connectivity index (χ2v) is 8.88. The highest BCUT2D eigenvalue weighted by molar-refractivity contribution is 7.89. The third-order valence-corrected chi connectivity index (χ3v) is 6.60. The van der Waals surface area contributed by atoms with Gasteiger partial charge in [0.1, 0.15) is 0 Å². The second kappa shape index (κ2) is 8.14. The van der Waals surface area contributed by atoms with Crippen LogP contribution < -0.4 is 10.5 Å². The van der Waals surface area contributed by atoms with Crippen molar-refractivity contribution in [3.05, 3.63) is 24.3 Å². The van der Waals surface area contributed by atoms with Crippen molar-refractivity contribution in [2.45, 2.75) is 48.8 Å². The molecule has 0 radical (unpaired) electrons. The van der Waals surface area contributed by atoms with E-state index in [0.29, 0.717) is 11.7 Å². The molecule has 3 rings (SSSR count). The SMILES string of the molecule is COC1CCN([C@@H]2CCC[C@@H]2N(C)C(=O)Nc2ccc(S(N)(=O)=O)cc2)C1. The summed E-state index contributed by atoms with van der Waals surface area (Å²) in [7, 11) is -0.169. The van der Waals surface area contributed by atoms with Crippen molar-refractivity contribution >= 4 is 21.7 Å². The maximum Gasteiger partial charge on any atom is 0.321 e. The number of nitrogens with one attached hydrogen (secondary N) is 1. The van der Waals surface area contributed by atoms with E-state index >= 15 is 0 Å². The van der Waals surface area contributed by atoms with Crippen molar-refractivity contribution in [1.82, 2.24) is 9.80 Å². The fraction of sp³-hybridized carbons (Fsp3) is 0.611. The molecule has 1 aromatic rings. The van der Waals surface area contributed by atoms with Gasteiger partial charge < -0.3 is 15.0 Å². The number of nitrogens with two attached hydrogens (primary N) is 1. The van der Waals surface area contributed by atoms with Crippen molar-refractivity contribution in [2.24, 2.45) is 5.14 Å². The lowest BCUT2D eigenvalue weighted by Crippen LogP contribution is -2.50. The topological polar surface area (TPSA) is 105 Å². The number of likely N-dealkylation sites (tertiary alicyclic amines) is 1. The molecule has 1 aromatic carbocycles. The summed E-state index contributed by atoms with van der Waals surface area (Å²) in [5.41, 5.74) is 0.536. The first-order chi connectivity index (χ1) is 12.8. The van der Waals surface area contributed by atoms with Gasteiger partial charge in [-0.2, -0.15) is 0 Å². The molecule has 2 fully saturated rings. The molecule has 0 aromatic heterocycles. The third-order valence-electron chi connectivity index (χ3n) is 5.67. The van der Waals surface area contributed by atoms with Gasteiger partial charge in [-0.25, -0.2) is 18.4 Å². The van der Waals surface area contributed by atoms with Crippen LogP contribution in [0.5, 0.6) is 0 Å². The summed E-state index contributed by atoms with van der Waals surface area (Å²) in [6.45, 7) is 1.92. The molecule has 0 spiro atoms. The van der Waals surface area contributed by atoms with Crippen LogP contribution in [0.15, 0.2) is 29.2 Å². The number of hydrogen-bond donors (Lipinski definition) is 2. The minimum absolute atomic E-state index is 0.0199. The summed E-state index contributed by atoms with van der Waals surface area (Å²) in [5, 5.41) is 7.93. The van der Waals surface area contributed by atoms with Gasteiger partial charge in [0.15, 0.2) is 0 Å². The van der Waals surface area contributed by atoms with Crippen LogP contribution in [0.4, 0.5) is 10.5 Å². The molecular weight excluding hydrogens is 368 g/mol. The lowest BCUT2D eigenvalue weighted by molar-refractivity contribution is 0.0907. The van der Waals surface area contributed by atoms with Crippen molar-refractivity contribution in [1.29, 1.82) is 0 Å². The Labute approximate surface area is 160 Å². The molecule has 1 aliphatic heterocycles. The Kier molecular flexibility index (Phi) is 6.05.